The van der Waals surface area contributed by atoms with Crippen LogP contribution >= 0.6 is 0 Å². The fourth-order valence-corrected chi connectivity index (χ4v) is 0. The van der Waals surface area contributed by atoms with Gasteiger partial charge in [-0.25, -0.2) is 0 Å². The maximum atomic E-state index is 0. The second-order valence-electron chi connectivity index (χ2n) is 0. The average Bonchev–Trinajstić information content (AvgIpc) is 0. The van der Waals surface area contributed by atoms with Crippen LogP contribution in [0.2, 0.25) is 0 Å². The van der Waals surface area contributed by atoms with Crippen molar-refractivity contribution in [2.75, 3.05) is 0 Å². The first-order valence-corrected chi connectivity index (χ1v) is 0. The van der Waals surface area contributed by atoms with E-state index in [-0.39, 0.29) is 106 Å². The fourth-order valence-electron chi connectivity index (χ4n) is 0. The van der Waals surface area contributed by atoms with Crippen molar-refractivity contribution in [3.8, 4) is 0 Å². The molecule has 0 bridgehead atoms. The van der Waals surface area contributed by atoms with Crippen molar-refractivity contribution >= 4 is 75.6 Å². The van der Waals surface area contributed by atoms with Crippen molar-refractivity contribution < 1.29 is 30.4 Å². The first-order valence-electron chi connectivity index (χ1n) is 0. The maximum absolute atomic E-state index is 0. The minimum Gasteiger partial charge on any atom is -2.00 e. The van der Waals surface area contributed by atoms with Crippen LogP contribution in [0.5, 0.6) is 0 Å². The van der Waals surface area contributed by atoms with E-state index < -0.39 is 0 Å². The molecular formula is In2O2SnZn+8. The number of rotatable bonds is 0. The Labute approximate surface area is 104 Å². The Morgan fingerprint density at radius 1 is 0.667 bits per heavy atom. The maximum Gasteiger partial charge on any atom is 4.00 e. The number of hydrogen-bond acceptors (Lipinski definition) is 0. The summed E-state index contributed by atoms with van der Waals surface area (Å²) in [5, 5.41) is 0. The second kappa shape index (κ2) is 42.7. The zero-order chi connectivity index (χ0) is 0. The van der Waals surface area contributed by atoms with Crippen molar-refractivity contribution in [3.05, 3.63) is 0 Å². The molecule has 0 aromatic carbocycles. The van der Waals surface area contributed by atoms with Gasteiger partial charge < -0.3 is 11.0 Å². The van der Waals surface area contributed by atoms with Crippen LogP contribution in [0, 0.1) is 0 Å². The topological polar surface area (TPSA) is 57.0 Å². The fraction of sp³-hybridized carbons (Fsp3) is 0. The largest absolute Gasteiger partial charge is 4.00 e. The van der Waals surface area contributed by atoms with E-state index in [4.69, 9.17) is 0 Å². The van der Waals surface area contributed by atoms with Gasteiger partial charge in [-0.2, -0.15) is 0 Å². The second-order valence-corrected chi connectivity index (χ2v) is 0. The molecule has 0 atom stereocenters. The van der Waals surface area contributed by atoms with Gasteiger partial charge in [0.25, 0.3) is 0 Å². The molecule has 0 aliphatic rings. The van der Waals surface area contributed by atoms with Gasteiger partial charge in [0.15, 0.2) is 0 Å². The molecule has 6 heteroatoms. The first kappa shape index (κ1) is 62.4. The van der Waals surface area contributed by atoms with E-state index >= 15 is 0 Å². The van der Waals surface area contributed by atoms with E-state index in [2.05, 4.69) is 0 Å². The molecule has 0 radical (unpaired) electrons. The molecule has 16 valence electrons. The molecule has 0 aliphatic heterocycles. The van der Waals surface area contributed by atoms with Gasteiger partial charge in [-0.05, 0) is 0 Å². The summed E-state index contributed by atoms with van der Waals surface area (Å²) in [6, 6.07) is 0. The molecule has 0 heterocycles. The molecule has 0 unspecified atom stereocenters. The normalized spacial score (nSPS) is 0. The van der Waals surface area contributed by atoms with Crippen molar-refractivity contribution in [3.63, 3.8) is 0 Å². The van der Waals surface area contributed by atoms with Crippen molar-refractivity contribution in [2.24, 2.45) is 0 Å². The predicted octanol–water partition coefficient (Wildman–Crippen LogP) is -1.38. The average molecular weight is 446 g/mol. The van der Waals surface area contributed by atoms with Crippen LogP contribution in [0.25, 0.3) is 0 Å². The molecular weight excluding hydrogens is 446 g/mol. The summed E-state index contributed by atoms with van der Waals surface area (Å²) < 4.78 is 0. The molecule has 0 spiro atoms. The zero-order valence-electron chi connectivity index (χ0n) is 3.18. The van der Waals surface area contributed by atoms with Gasteiger partial charge >= 0.3 is 95.1 Å². The third kappa shape index (κ3) is 27.6. The Morgan fingerprint density at radius 2 is 0.667 bits per heavy atom. The van der Waals surface area contributed by atoms with Gasteiger partial charge in [0.05, 0.1) is 0 Å². The summed E-state index contributed by atoms with van der Waals surface area (Å²) in [4.78, 5) is 0. The van der Waals surface area contributed by atoms with Gasteiger partial charge in [-0.15, -0.1) is 0 Å². The van der Waals surface area contributed by atoms with Crippen LogP contribution in [0.1, 0.15) is 0 Å². The summed E-state index contributed by atoms with van der Waals surface area (Å²) in [5.41, 5.74) is 0. The molecule has 0 amide bonds. The van der Waals surface area contributed by atoms with E-state index in [0.29, 0.717) is 0 Å². The molecule has 0 saturated heterocycles. The van der Waals surface area contributed by atoms with Crippen LogP contribution < -0.4 is 0 Å². The van der Waals surface area contributed by atoms with Gasteiger partial charge in [-0.3, -0.25) is 0 Å². The molecule has 0 aliphatic carbocycles. The molecule has 0 rings (SSSR count). The van der Waals surface area contributed by atoms with Gasteiger partial charge in [0.1, 0.15) is 0 Å². The Kier molecular flexibility index (Phi) is 444. The monoisotopic (exact) mass is 446 g/mol. The summed E-state index contributed by atoms with van der Waals surface area (Å²) in [7, 11) is 0. The van der Waals surface area contributed by atoms with E-state index in [9.17, 15) is 0 Å². The van der Waals surface area contributed by atoms with E-state index in [1.165, 1.54) is 0 Å². The van der Waals surface area contributed by atoms with Crippen molar-refractivity contribution in [1.29, 1.82) is 0 Å². The van der Waals surface area contributed by atoms with E-state index in [1.807, 2.05) is 0 Å². The minimum absolute atomic E-state index is 0. The molecule has 0 aromatic rings. The van der Waals surface area contributed by atoms with Crippen LogP contribution in [-0.4, -0.2) is 75.6 Å². The van der Waals surface area contributed by atoms with E-state index in [1.54, 1.807) is 0 Å². The summed E-state index contributed by atoms with van der Waals surface area (Å²) in [6.07, 6.45) is 0. The molecule has 2 nitrogen and oxygen atoms in total. The summed E-state index contributed by atoms with van der Waals surface area (Å²) >= 11 is 0. The summed E-state index contributed by atoms with van der Waals surface area (Å²) in [5.74, 6) is 0. The Hall–Kier alpha value is 3.08. The van der Waals surface area contributed by atoms with Gasteiger partial charge in [0, 0.05) is 0 Å². The van der Waals surface area contributed by atoms with E-state index in [0.717, 1.165) is 0 Å². The zero-order valence-corrected chi connectivity index (χ0v) is 15.6. The van der Waals surface area contributed by atoms with Crippen LogP contribution in [0.3, 0.4) is 0 Å². The quantitative estimate of drug-likeness (QED) is 0.413. The van der Waals surface area contributed by atoms with Crippen LogP contribution in [0.4, 0.5) is 0 Å². The van der Waals surface area contributed by atoms with Crippen LogP contribution in [0.15, 0.2) is 0 Å². The van der Waals surface area contributed by atoms with Crippen molar-refractivity contribution in [2.45, 2.75) is 0 Å². The molecule has 0 aromatic heterocycles. The SMILES string of the molecule is [In+3].[In+3].[O-2].[O-2].[Sn+4].[Zn+2]. The summed E-state index contributed by atoms with van der Waals surface area (Å²) in [6.45, 7) is 0. The Balaban J connectivity index is 0. The molecule has 6 heavy (non-hydrogen) atoms. The first-order chi connectivity index (χ1) is 0. The van der Waals surface area contributed by atoms with Crippen LogP contribution in [-0.2, 0) is 30.4 Å². The standard InChI is InChI=1S/2In.2O.Sn.Zn/q2*+3;2*-2;+4;+2. The van der Waals surface area contributed by atoms with Gasteiger partial charge in [-0.1, -0.05) is 0 Å². The Bertz CT molecular complexity index is 11.5. The van der Waals surface area contributed by atoms with Gasteiger partial charge in [0.2, 0.25) is 0 Å². The molecule has 0 N–H and O–H groups in total. The Morgan fingerprint density at radius 3 is 0.667 bits per heavy atom. The third-order valence-electron chi connectivity index (χ3n) is 0. The third-order valence-corrected chi connectivity index (χ3v) is 0. The molecule has 0 saturated carbocycles. The van der Waals surface area contributed by atoms with Crippen molar-refractivity contribution in [1.82, 2.24) is 0 Å². The number of hydrogen-bond donors (Lipinski definition) is 0. The minimum atomic E-state index is 0. The smallest absolute Gasteiger partial charge is 2.00 e. The molecule has 0 fully saturated rings. The predicted molar refractivity (Wildman–Crippen MR) is 18.6 cm³/mol.